The molecule has 118 valence electrons. The van der Waals surface area contributed by atoms with Gasteiger partial charge in [0.25, 0.3) is 0 Å². The Labute approximate surface area is 123 Å². The molecule has 1 aliphatic heterocycles. The Morgan fingerprint density at radius 3 is 2.80 bits per heavy atom. The van der Waals surface area contributed by atoms with Crippen molar-refractivity contribution in [2.24, 2.45) is 5.92 Å². The highest BCUT2D eigenvalue weighted by molar-refractivity contribution is 5.73. The summed E-state index contributed by atoms with van der Waals surface area (Å²) in [4.78, 5) is 14.1. The van der Waals surface area contributed by atoms with Crippen LogP contribution in [0.5, 0.6) is 0 Å². The van der Waals surface area contributed by atoms with Crippen LogP contribution >= 0.6 is 0 Å². The van der Waals surface area contributed by atoms with Crippen LogP contribution in [0.3, 0.4) is 0 Å². The first-order valence-electron chi connectivity index (χ1n) is 7.96. The van der Waals surface area contributed by atoms with E-state index in [-0.39, 0.29) is 12.1 Å². The molecule has 0 aromatic carbocycles. The minimum absolute atomic E-state index is 0.116. The zero-order chi connectivity index (χ0) is 15.0. The number of likely N-dealkylation sites (tertiary alicyclic amines) is 1. The summed E-state index contributed by atoms with van der Waals surface area (Å²) in [6, 6.07) is 0.470. The van der Waals surface area contributed by atoms with Gasteiger partial charge in [0, 0.05) is 25.7 Å². The zero-order valence-electron chi connectivity index (χ0n) is 13.2. The molecule has 1 fully saturated rings. The van der Waals surface area contributed by atoms with Crippen LogP contribution < -0.4 is 10.6 Å². The van der Waals surface area contributed by atoms with Crippen molar-refractivity contribution in [3.05, 3.63) is 0 Å². The fourth-order valence-electron chi connectivity index (χ4n) is 2.59. The molecule has 0 saturated carbocycles. The fourth-order valence-corrected chi connectivity index (χ4v) is 2.59. The molecule has 3 N–H and O–H groups in total. The Morgan fingerprint density at radius 1 is 1.40 bits per heavy atom. The van der Waals surface area contributed by atoms with Gasteiger partial charge in [-0.25, -0.2) is 4.79 Å². The quantitative estimate of drug-likeness (QED) is 0.665. The zero-order valence-corrected chi connectivity index (χ0v) is 13.2. The van der Waals surface area contributed by atoms with Gasteiger partial charge in [-0.2, -0.15) is 0 Å². The number of hydrogen-bond acceptors (Lipinski definition) is 3. The third-order valence-corrected chi connectivity index (χ3v) is 4.07. The molecule has 2 unspecified atom stereocenters. The van der Waals surface area contributed by atoms with Crippen LogP contribution in [0.1, 0.15) is 46.5 Å². The highest BCUT2D eigenvalue weighted by Gasteiger charge is 2.21. The number of carbonyl (C=O) groups is 1. The largest absolute Gasteiger partial charge is 0.393 e. The van der Waals surface area contributed by atoms with Crippen LogP contribution in [0.4, 0.5) is 4.79 Å². The van der Waals surface area contributed by atoms with Crippen molar-refractivity contribution in [3.63, 3.8) is 0 Å². The number of urea groups is 1. The van der Waals surface area contributed by atoms with E-state index in [1.165, 1.54) is 19.4 Å². The number of rotatable bonds is 7. The molecule has 20 heavy (non-hydrogen) atoms. The number of hydrogen-bond donors (Lipinski definition) is 3. The van der Waals surface area contributed by atoms with Crippen LogP contribution in [0.2, 0.25) is 0 Å². The maximum atomic E-state index is 11.7. The summed E-state index contributed by atoms with van der Waals surface area (Å²) < 4.78 is 0. The van der Waals surface area contributed by atoms with Crippen molar-refractivity contribution in [1.29, 1.82) is 0 Å². The number of nitrogens with one attached hydrogen (secondary N) is 2. The maximum absolute atomic E-state index is 11.7. The number of carbonyl (C=O) groups excluding carboxylic acids is 1. The van der Waals surface area contributed by atoms with Crippen molar-refractivity contribution >= 4 is 6.03 Å². The Bertz CT molecular complexity index is 284. The predicted octanol–water partition coefficient (Wildman–Crippen LogP) is 1.57. The van der Waals surface area contributed by atoms with E-state index in [9.17, 15) is 9.90 Å². The molecule has 0 aromatic heterocycles. The minimum atomic E-state index is -0.312. The molecule has 0 radical (unpaired) electrons. The Kier molecular flexibility index (Phi) is 7.92. The van der Waals surface area contributed by atoms with Gasteiger partial charge in [0.2, 0.25) is 0 Å². The van der Waals surface area contributed by atoms with E-state index in [1.807, 2.05) is 6.92 Å². The molecule has 1 heterocycles. The van der Waals surface area contributed by atoms with Crippen molar-refractivity contribution < 1.29 is 9.90 Å². The summed E-state index contributed by atoms with van der Waals surface area (Å²) in [6.45, 7) is 9.91. The topological polar surface area (TPSA) is 64.6 Å². The highest BCUT2D eigenvalue weighted by Crippen LogP contribution is 2.17. The second-order valence-corrected chi connectivity index (χ2v) is 6.08. The maximum Gasteiger partial charge on any atom is 0.314 e. The van der Waals surface area contributed by atoms with Crippen LogP contribution in [0, 0.1) is 5.92 Å². The average Bonchev–Trinajstić information content (AvgIpc) is 2.45. The van der Waals surface area contributed by atoms with Gasteiger partial charge in [-0.05, 0) is 52.0 Å². The standard InChI is InChI=1S/C15H31N3O2/c1-4-14(19)7-8-16-15(20)17-10-13-6-5-9-18(11-13)12(2)3/h12-14,19H,4-11H2,1-3H3,(H2,16,17,20). The van der Waals surface area contributed by atoms with E-state index >= 15 is 0 Å². The Morgan fingerprint density at radius 2 is 2.15 bits per heavy atom. The van der Waals surface area contributed by atoms with E-state index in [0.717, 1.165) is 19.5 Å². The molecule has 1 aliphatic rings. The van der Waals surface area contributed by atoms with Gasteiger partial charge < -0.3 is 20.6 Å². The number of nitrogens with zero attached hydrogens (tertiary/aromatic N) is 1. The lowest BCUT2D eigenvalue weighted by molar-refractivity contribution is 0.139. The summed E-state index contributed by atoms with van der Waals surface area (Å²) in [5, 5.41) is 15.2. The molecule has 0 aromatic rings. The summed E-state index contributed by atoms with van der Waals surface area (Å²) >= 11 is 0. The number of amides is 2. The molecule has 0 aliphatic carbocycles. The molecule has 5 heteroatoms. The first-order valence-corrected chi connectivity index (χ1v) is 7.96. The lowest BCUT2D eigenvalue weighted by atomic mass is 9.97. The molecule has 0 bridgehead atoms. The molecule has 2 atom stereocenters. The van der Waals surface area contributed by atoms with Gasteiger partial charge >= 0.3 is 6.03 Å². The van der Waals surface area contributed by atoms with Crippen molar-refractivity contribution in [3.8, 4) is 0 Å². The summed E-state index contributed by atoms with van der Waals surface area (Å²) in [6.07, 6.45) is 3.45. The molecule has 5 nitrogen and oxygen atoms in total. The Hall–Kier alpha value is -0.810. The van der Waals surface area contributed by atoms with E-state index in [4.69, 9.17) is 0 Å². The van der Waals surface area contributed by atoms with Gasteiger partial charge in [-0.3, -0.25) is 0 Å². The molecular weight excluding hydrogens is 254 g/mol. The average molecular weight is 285 g/mol. The normalized spacial score (nSPS) is 21.8. The van der Waals surface area contributed by atoms with E-state index in [1.54, 1.807) is 0 Å². The molecule has 0 spiro atoms. The van der Waals surface area contributed by atoms with Crippen LogP contribution in [-0.2, 0) is 0 Å². The summed E-state index contributed by atoms with van der Waals surface area (Å²) in [5.41, 5.74) is 0. The number of aliphatic hydroxyl groups excluding tert-OH is 1. The van der Waals surface area contributed by atoms with Gasteiger partial charge in [-0.1, -0.05) is 6.92 Å². The van der Waals surface area contributed by atoms with Gasteiger partial charge in [0.05, 0.1) is 6.10 Å². The lowest BCUT2D eigenvalue weighted by Crippen LogP contribution is -2.45. The second-order valence-electron chi connectivity index (χ2n) is 6.08. The van der Waals surface area contributed by atoms with Gasteiger partial charge in [-0.15, -0.1) is 0 Å². The van der Waals surface area contributed by atoms with Crippen LogP contribution in [0.25, 0.3) is 0 Å². The first-order chi connectivity index (χ1) is 9.52. The number of aliphatic hydroxyl groups is 1. The van der Waals surface area contributed by atoms with Gasteiger partial charge in [0.1, 0.15) is 0 Å². The Balaban J connectivity index is 2.14. The van der Waals surface area contributed by atoms with Crippen molar-refractivity contribution in [2.75, 3.05) is 26.2 Å². The lowest BCUT2D eigenvalue weighted by Gasteiger charge is -2.35. The van der Waals surface area contributed by atoms with Crippen molar-refractivity contribution in [1.82, 2.24) is 15.5 Å². The van der Waals surface area contributed by atoms with E-state index in [2.05, 4.69) is 29.4 Å². The SMILES string of the molecule is CCC(O)CCNC(=O)NCC1CCCN(C(C)C)C1. The van der Waals surface area contributed by atoms with Crippen LogP contribution in [-0.4, -0.2) is 54.4 Å². The smallest absolute Gasteiger partial charge is 0.314 e. The molecule has 1 rings (SSSR count). The predicted molar refractivity (Wildman–Crippen MR) is 81.7 cm³/mol. The fraction of sp³-hybridized carbons (Fsp3) is 0.933. The second kappa shape index (κ2) is 9.19. The summed E-state index contributed by atoms with van der Waals surface area (Å²) in [5.74, 6) is 0.554. The van der Waals surface area contributed by atoms with E-state index in [0.29, 0.717) is 24.9 Å². The first kappa shape index (κ1) is 17.2. The monoisotopic (exact) mass is 285 g/mol. The van der Waals surface area contributed by atoms with Crippen LogP contribution in [0.15, 0.2) is 0 Å². The molecule has 2 amide bonds. The molecular formula is C15H31N3O2. The molecule has 1 saturated heterocycles. The number of piperidine rings is 1. The van der Waals surface area contributed by atoms with E-state index < -0.39 is 0 Å². The highest BCUT2D eigenvalue weighted by atomic mass is 16.3. The minimum Gasteiger partial charge on any atom is -0.393 e. The van der Waals surface area contributed by atoms with Crippen molar-refractivity contribution in [2.45, 2.75) is 58.6 Å². The third-order valence-electron chi connectivity index (χ3n) is 4.07. The summed E-state index contributed by atoms with van der Waals surface area (Å²) in [7, 11) is 0. The third kappa shape index (κ3) is 6.57. The van der Waals surface area contributed by atoms with Gasteiger partial charge in [0.15, 0.2) is 0 Å².